The number of aryl methyl sites for hydroxylation is 1. The summed E-state index contributed by atoms with van der Waals surface area (Å²) in [5.74, 6) is -0.0134. The molecular formula is C21H25N3O3S. The molecule has 0 bridgehead atoms. The molecule has 0 radical (unpaired) electrons. The Morgan fingerprint density at radius 1 is 1.04 bits per heavy atom. The minimum Gasteiger partial charge on any atom is -0.370 e. The quantitative estimate of drug-likeness (QED) is 0.838. The zero-order chi connectivity index (χ0) is 19.7. The van der Waals surface area contributed by atoms with E-state index in [4.69, 9.17) is 0 Å². The van der Waals surface area contributed by atoms with E-state index in [1.54, 1.807) is 23.1 Å². The molecule has 0 saturated heterocycles. The van der Waals surface area contributed by atoms with Gasteiger partial charge in [-0.25, -0.2) is 13.1 Å². The van der Waals surface area contributed by atoms with Crippen LogP contribution in [-0.4, -0.2) is 40.5 Å². The maximum Gasteiger partial charge on any atom is 0.240 e. The maximum absolute atomic E-state index is 12.7. The summed E-state index contributed by atoms with van der Waals surface area (Å²) in [7, 11) is -3.58. The van der Waals surface area contributed by atoms with Crippen molar-refractivity contribution < 1.29 is 13.2 Å². The molecule has 2 aliphatic rings. The Bertz CT molecular complexity index is 1000. The van der Waals surface area contributed by atoms with Gasteiger partial charge in [-0.15, -0.1) is 0 Å². The molecule has 1 N–H and O–H groups in total. The lowest BCUT2D eigenvalue weighted by molar-refractivity contribution is -0.116. The molecule has 6 nitrogen and oxygen atoms in total. The van der Waals surface area contributed by atoms with Crippen LogP contribution in [-0.2, 0) is 27.7 Å². The predicted octanol–water partition coefficient (Wildman–Crippen LogP) is 2.33. The van der Waals surface area contributed by atoms with Gasteiger partial charge >= 0.3 is 0 Å². The van der Waals surface area contributed by atoms with Gasteiger partial charge in [-0.3, -0.25) is 4.79 Å². The topological polar surface area (TPSA) is 69.7 Å². The van der Waals surface area contributed by atoms with Crippen LogP contribution < -0.4 is 14.5 Å². The zero-order valence-corrected chi connectivity index (χ0v) is 16.8. The molecule has 0 unspecified atom stereocenters. The van der Waals surface area contributed by atoms with Crippen molar-refractivity contribution in [3.63, 3.8) is 0 Å². The van der Waals surface area contributed by atoms with Gasteiger partial charge in [0.15, 0.2) is 0 Å². The summed E-state index contributed by atoms with van der Waals surface area (Å²) in [5, 5.41) is 0. The van der Waals surface area contributed by atoms with Gasteiger partial charge in [0.05, 0.1) is 4.90 Å². The van der Waals surface area contributed by atoms with E-state index in [0.29, 0.717) is 19.6 Å². The second kappa shape index (κ2) is 7.56. The highest BCUT2D eigenvalue weighted by molar-refractivity contribution is 7.89. The fourth-order valence-electron chi connectivity index (χ4n) is 4.10. The first-order valence-electron chi connectivity index (χ1n) is 9.69. The summed E-state index contributed by atoms with van der Waals surface area (Å²) in [5.41, 5.74) is 4.25. The molecule has 0 aliphatic carbocycles. The van der Waals surface area contributed by atoms with Crippen molar-refractivity contribution in [1.29, 1.82) is 0 Å². The van der Waals surface area contributed by atoms with Gasteiger partial charge in [0.25, 0.3) is 0 Å². The number of para-hydroxylation sites is 1. The van der Waals surface area contributed by atoms with Crippen LogP contribution in [0.15, 0.2) is 47.4 Å². The van der Waals surface area contributed by atoms with Gasteiger partial charge in [-0.05, 0) is 54.7 Å². The molecule has 0 saturated carbocycles. The monoisotopic (exact) mass is 399 g/mol. The fourth-order valence-corrected chi connectivity index (χ4v) is 5.18. The van der Waals surface area contributed by atoms with Crippen LogP contribution in [0.4, 0.5) is 11.4 Å². The van der Waals surface area contributed by atoms with Crippen LogP contribution in [0.5, 0.6) is 0 Å². The molecule has 0 fully saturated rings. The number of benzene rings is 2. The van der Waals surface area contributed by atoms with Gasteiger partial charge < -0.3 is 9.80 Å². The maximum atomic E-state index is 12.7. The standard InChI is InChI=1S/C21H25N3O3S/c1-16(25)24-12-4-6-18-15-19(8-9-21(18)24)28(26,27)22-11-14-23-13-10-17-5-2-3-7-20(17)23/h2-3,5,7-9,15,22H,4,6,10-14H2,1H3. The highest BCUT2D eigenvalue weighted by Crippen LogP contribution is 2.30. The van der Waals surface area contributed by atoms with Crippen LogP contribution in [0.2, 0.25) is 0 Å². The molecule has 0 aromatic heterocycles. The van der Waals surface area contributed by atoms with Crippen molar-refractivity contribution in [3.8, 4) is 0 Å². The third-order valence-electron chi connectivity index (χ3n) is 5.52. The summed E-state index contributed by atoms with van der Waals surface area (Å²) in [4.78, 5) is 16.0. The van der Waals surface area contributed by atoms with E-state index in [9.17, 15) is 13.2 Å². The molecule has 2 aliphatic heterocycles. The second-order valence-electron chi connectivity index (χ2n) is 7.33. The van der Waals surface area contributed by atoms with Gasteiger partial charge in [0.1, 0.15) is 0 Å². The van der Waals surface area contributed by atoms with Crippen molar-refractivity contribution in [2.75, 3.05) is 36.0 Å². The molecule has 2 aromatic rings. The van der Waals surface area contributed by atoms with Gasteiger partial charge in [0.2, 0.25) is 15.9 Å². The summed E-state index contributed by atoms with van der Waals surface area (Å²) < 4.78 is 28.2. The molecule has 2 heterocycles. The number of nitrogens with one attached hydrogen (secondary N) is 1. The average molecular weight is 400 g/mol. The Labute approximate surface area is 166 Å². The Morgan fingerprint density at radius 3 is 2.68 bits per heavy atom. The number of hydrogen-bond acceptors (Lipinski definition) is 4. The summed E-state index contributed by atoms with van der Waals surface area (Å²) in [6, 6.07) is 13.3. The first-order valence-corrected chi connectivity index (χ1v) is 11.2. The molecule has 7 heteroatoms. The number of rotatable bonds is 5. The third kappa shape index (κ3) is 3.64. The highest BCUT2D eigenvalue weighted by atomic mass is 32.2. The molecule has 28 heavy (non-hydrogen) atoms. The number of carbonyl (C=O) groups is 1. The number of amides is 1. The molecular weight excluding hydrogens is 374 g/mol. The van der Waals surface area contributed by atoms with Crippen LogP contribution in [0.1, 0.15) is 24.5 Å². The Balaban J connectivity index is 1.44. The third-order valence-corrected chi connectivity index (χ3v) is 6.98. The molecule has 1 amide bonds. The number of sulfonamides is 1. The van der Waals surface area contributed by atoms with Crippen molar-refractivity contribution in [2.24, 2.45) is 0 Å². The number of nitrogens with zero attached hydrogens (tertiary/aromatic N) is 2. The van der Waals surface area contributed by atoms with Crippen molar-refractivity contribution in [3.05, 3.63) is 53.6 Å². The minimum absolute atomic E-state index is 0.0134. The lowest BCUT2D eigenvalue weighted by atomic mass is 10.0. The van der Waals surface area contributed by atoms with E-state index < -0.39 is 10.0 Å². The van der Waals surface area contributed by atoms with E-state index in [-0.39, 0.29) is 10.8 Å². The molecule has 4 rings (SSSR count). The highest BCUT2D eigenvalue weighted by Gasteiger charge is 2.23. The number of fused-ring (bicyclic) bond motifs is 2. The largest absolute Gasteiger partial charge is 0.370 e. The Morgan fingerprint density at radius 2 is 1.86 bits per heavy atom. The van der Waals surface area contributed by atoms with Gasteiger partial charge in [-0.1, -0.05) is 18.2 Å². The second-order valence-corrected chi connectivity index (χ2v) is 9.10. The van der Waals surface area contributed by atoms with Crippen molar-refractivity contribution >= 4 is 27.3 Å². The van der Waals surface area contributed by atoms with Crippen LogP contribution >= 0.6 is 0 Å². The molecule has 0 atom stereocenters. The van der Waals surface area contributed by atoms with Crippen LogP contribution in [0.3, 0.4) is 0 Å². The van der Waals surface area contributed by atoms with Gasteiger partial charge in [0, 0.05) is 44.5 Å². The Kier molecular flexibility index (Phi) is 5.12. The average Bonchev–Trinajstić information content (AvgIpc) is 3.10. The lowest BCUT2D eigenvalue weighted by Gasteiger charge is -2.28. The smallest absolute Gasteiger partial charge is 0.240 e. The Hall–Kier alpha value is -2.38. The van der Waals surface area contributed by atoms with Crippen molar-refractivity contribution in [2.45, 2.75) is 31.1 Å². The lowest BCUT2D eigenvalue weighted by Crippen LogP contribution is -2.35. The minimum atomic E-state index is -3.58. The zero-order valence-electron chi connectivity index (χ0n) is 16.0. The van der Waals surface area contributed by atoms with E-state index in [0.717, 1.165) is 37.1 Å². The number of anilines is 2. The van der Waals surface area contributed by atoms with Crippen molar-refractivity contribution in [1.82, 2.24) is 4.72 Å². The van der Waals surface area contributed by atoms with Crippen LogP contribution in [0.25, 0.3) is 0 Å². The molecule has 0 spiro atoms. The normalized spacial score (nSPS) is 16.0. The summed E-state index contributed by atoms with van der Waals surface area (Å²) >= 11 is 0. The molecule has 148 valence electrons. The fraction of sp³-hybridized carbons (Fsp3) is 0.381. The molecule has 2 aromatic carbocycles. The van der Waals surface area contributed by atoms with E-state index in [1.807, 2.05) is 12.1 Å². The number of carbonyl (C=O) groups excluding carboxylic acids is 1. The number of hydrogen-bond donors (Lipinski definition) is 1. The first-order chi connectivity index (χ1) is 13.5. The first kappa shape index (κ1) is 19.0. The summed E-state index contributed by atoms with van der Waals surface area (Å²) in [6.07, 6.45) is 2.63. The predicted molar refractivity (Wildman–Crippen MR) is 110 cm³/mol. The van der Waals surface area contributed by atoms with Crippen LogP contribution in [0, 0.1) is 0 Å². The van der Waals surface area contributed by atoms with E-state index in [1.165, 1.54) is 18.2 Å². The van der Waals surface area contributed by atoms with E-state index in [2.05, 4.69) is 21.8 Å². The van der Waals surface area contributed by atoms with Gasteiger partial charge in [-0.2, -0.15) is 0 Å². The summed E-state index contributed by atoms with van der Waals surface area (Å²) in [6.45, 7) is 4.13. The SMILES string of the molecule is CC(=O)N1CCCc2cc(S(=O)(=O)NCCN3CCc4ccccc43)ccc21. The van der Waals surface area contributed by atoms with E-state index >= 15 is 0 Å².